The Bertz CT molecular complexity index is 290. The molecule has 4 heteroatoms. The number of amides is 1. The molecule has 0 aromatic carbocycles. The number of carbonyl (C=O) groups excluding carboxylic acids is 1. The molecule has 2 heterocycles. The van der Waals surface area contributed by atoms with E-state index >= 15 is 0 Å². The molecular formula is C14H26N2O2. The van der Waals surface area contributed by atoms with E-state index in [2.05, 4.69) is 26.1 Å². The van der Waals surface area contributed by atoms with E-state index in [-0.39, 0.29) is 6.04 Å². The first-order valence-corrected chi connectivity index (χ1v) is 7.26. The quantitative estimate of drug-likeness (QED) is 0.828. The lowest BCUT2D eigenvalue weighted by atomic mass is 9.91. The highest BCUT2D eigenvalue weighted by Crippen LogP contribution is 2.26. The highest BCUT2D eigenvalue weighted by Gasteiger charge is 2.38. The minimum atomic E-state index is 0.0253. The Morgan fingerprint density at radius 1 is 1.39 bits per heavy atom. The van der Waals surface area contributed by atoms with Crippen molar-refractivity contribution in [1.82, 2.24) is 10.2 Å². The smallest absolute Gasteiger partial charge is 0.241 e. The van der Waals surface area contributed by atoms with Crippen LogP contribution in [0.4, 0.5) is 0 Å². The first-order valence-electron chi connectivity index (χ1n) is 7.26. The SMILES string of the molecule is CCC(C)C1NCN(C(C)C2CCOCC2)C1=O. The van der Waals surface area contributed by atoms with Gasteiger partial charge in [0.25, 0.3) is 0 Å². The average Bonchev–Trinajstić information content (AvgIpc) is 2.80. The lowest BCUT2D eigenvalue weighted by Gasteiger charge is -2.34. The standard InChI is InChI=1S/C14H26N2O2/c1-4-10(2)13-14(17)16(9-15-13)11(3)12-5-7-18-8-6-12/h10-13,15H,4-9H2,1-3H3. The summed E-state index contributed by atoms with van der Waals surface area (Å²) in [5.41, 5.74) is 0. The normalized spacial score (nSPS) is 29.6. The molecule has 2 aliphatic heterocycles. The van der Waals surface area contributed by atoms with Gasteiger partial charge in [0.05, 0.1) is 12.7 Å². The summed E-state index contributed by atoms with van der Waals surface area (Å²) in [7, 11) is 0. The van der Waals surface area contributed by atoms with Gasteiger partial charge in [0, 0.05) is 19.3 Å². The minimum Gasteiger partial charge on any atom is -0.381 e. The molecule has 2 aliphatic rings. The van der Waals surface area contributed by atoms with Gasteiger partial charge in [0.2, 0.25) is 5.91 Å². The molecule has 0 spiro atoms. The predicted octanol–water partition coefficient (Wildman–Crippen LogP) is 1.61. The van der Waals surface area contributed by atoms with E-state index in [0.717, 1.165) is 32.5 Å². The maximum absolute atomic E-state index is 12.4. The lowest BCUT2D eigenvalue weighted by Crippen LogP contribution is -2.43. The first kappa shape index (κ1) is 13.8. The van der Waals surface area contributed by atoms with Crippen LogP contribution >= 0.6 is 0 Å². The fourth-order valence-electron chi connectivity index (χ4n) is 3.02. The Morgan fingerprint density at radius 3 is 2.67 bits per heavy atom. The summed E-state index contributed by atoms with van der Waals surface area (Å²) in [6.45, 7) is 8.89. The van der Waals surface area contributed by atoms with Crippen LogP contribution in [0.15, 0.2) is 0 Å². The van der Waals surface area contributed by atoms with Crippen LogP contribution in [0.3, 0.4) is 0 Å². The minimum absolute atomic E-state index is 0.0253. The third-order valence-electron chi connectivity index (χ3n) is 4.68. The molecule has 0 radical (unpaired) electrons. The molecular weight excluding hydrogens is 228 g/mol. The Hall–Kier alpha value is -0.610. The summed E-state index contributed by atoms with van der Waals surface area (Å²) in [5.74, 6) is 1.31. The molecule has 4 nitrogen and oxygen atoms in total. The lowest BCUT2D eigenvalue weighted by molar-refractivity contribution is -0.133. The number of nitrogens with one attached hydrogen (secondary N) is 1. The highest BCUT2D eigenvalue weighted by atomic mass is 16.5. The van der Waals surface area contributed by atoms with Crippen molar-refractivity contribution < 1.29 is 9.53 Å². The van der Waals surface area contributed by atoms with Crippen molar-refractivity contribution >= 4 is 5.91 Å². The molecule has 3 atom stereocenters. The first-order chi connectivity index (χ1) is 8.65. The Labute approximate surface area is 110 Å². The van der Waals surface area contributed by atoms with Crippen molar-refractivity contribution in [3.05, 3.63) is 0 Å². The van der Waals surface area contributed by atoms with Crippen molar-refractivity contribution in [3.8, 4) is 0 Å². The van der Waals surface area contributed by atoms with Gasteiger partial charge in [-0.3, -0.25) is 10.1 Å². The van der Waals surface area contributed by atoms with Gasteiger partial charge in [-0.25, -0.2) is 0 Å². The molecule has 0 aromatic rings. The number of hydrogen-bond donors (Lipinski definition) is 1. The number of ether oxygens (including phenoxy) is 1. The molecule has 0 aromatic heterocycles. The second kappa shape index (κ2) is 6.02. The number of carbonyl (C=O) groups is 1. The number of rotatable bonds is 4. The maximum atomic E-state index is 12.4. The van der Waals surface area contributed by atoms with Gasteiger partial charge in [-0.1, -0.05) is 20.3 Å². The zero-order valence-electron chi connectivity index (χ0n) is 11.8. The van der Waals surface area contributed by atoms with Gasteiger partial charge in [0.1, 0.15) is 0 Å². The van der Waals surface area contributed by atoms with E-state index in [1.165, 1.54) is 0 Å². The van der Waals surface area contributed by atoms with Crippen molar-refractivity contribution in [2.45, 2.75) is 52.1 Å². The van der Waals surface area contributed by atoms with Crippen molar-refractivity contribution in [2.75, 3.05) is 19.9 Å². The number of nitrogens with zero attached hydrogens (tertiary/aromatic N) is 1. The van der Waals surface area contributed by atoms with E-state index in [4.69, 9.17) is 4.74 Å². The highest BCUT2D eigenvalue weighted by molar-refractivity contribution is 5.84. The fraction of sp³-hybridized carbons (Fsp3) is 0.929. The molecule has 1 N–H and O–H groups in total. The molecule has 0 bridgehead atoms. The van der Waals surface area contributed by atoms with Crippen molar-refractivity contribution in [2.24, 2.45) is 11.8 Å². The summed E-state index contributed by atoms with van der Waals surface area (Å²) in [6, 6.07) is 0.361. The van der Waals surface area contributed by atoms with Gasteiger partial charge < -0.3 is 9.64 Å². The van der Waals surface area contributed by atoms with E-state index in [1.807, 2.05) is 4.90 Å². The number of hydrogen-bond acceptors (Lipinski definition) is 3. The van der Waals surface area contributed by atoms with Crippen LogP contribution in [0.5, 0.6) is 0 Å². The molecule has 2 fully saturated rings. The third-order valence-corrected chi connectivity index (χ3v) is 4.68. The Kier molecular flexibility index (Phi) is 4.62. The zero-order chi connectivity index (χ0) is 13.1. The maximum Gasteiger partial charge on any atom is 0.241 e. The molecule has 0 aliphatic carbocycles. The van der Waals surface area contributed by atoms with Crippen LogP contribution in [0.1, 0.15) is 40.0 Å². The summed E-state index contributed by atoms with van der Waals surface area (Å²) in [6.07, 6.45) is 3.21. The largest absolute Gasteiger partial charge is 0.381 e. The van der Waals surface area contributed by atoms with Crippen LogP contribution in [0.25, 0.3) is 0 Å². The summed E-state index contributed by atoms with van der Waals surface area (Å²) < 4.78 is 5.40. The molecule has 3 unspecified atom stereocenters. The van der Waals surface area contributed by atoms with E-state index < -0.39 is 0 Å². The molecule has 2 saturated heterocycles. The van der Waals surface area contributed by atoms with E-state index in [1.54, 1.807) is 0 Å². The van der Waals surface area contributed by atoms with Gasteiger partial charge >= 0.3 is 0 Å². The summed E-state index contributed by atoms with van der Waals surface area (Å²) in [5, 5.41) is 3.37. The second-order valence-corrected chi connectivity index (χ2v) is 5.72. The molecule has 0 saturated carbocycles. The Balaban J connectivity index is 1.95. The Morgan fingerprint density at radius 2 is 2.06 bits per heavy atom. The van der Waals surface area contributed by atoms with Gasteiger partial charge in [-0.05, 0) is 31.6 Å². The summed E-state index contributed by atoms with van der Waals surface area (Å²) in [4.78, 5) is 14.5. The van der Waals surface area contributed by atoms with Crippen molar-refractivity contribution in [1.29, 1.82) is 0 Å². The van der Waals surface area contributed by atoms with Crippen LogP contribution < -0.4 is 5.32 Å². The van der Waals surface area contributed by atoms with Crippen LogP contribution in [-0.2, 0) is 9.53 Å². The monoisotopic (exact) mass is 254 g/mol. The second-order valence-electron chi connectivity index (χ2n) is 5.72. The van der Waals surface area contributed by atoms with E-state index in [0.29, 0.717) is 30.5 Å². The van der Waals surface area contributed by atoms with E-state index in [9.17, 15) is 4.79 Å². The van der Waals surface area contributed by atoms with Crippen LogP contribution in [0, 0.1) is 11.8 Å². The molecule has 18 heavy (non-hydrogen) atoms. The fourth-order valence-corrected chi connectivity index (χ4v) is 3.02. The van der Waals surface area contributed by atoms with Gasteiger partial charge in [-0.2, -0.15) is 0 Å². The predicted molar refractivity (Wildman–Crippen MR) is 71.1 cm³/mol. The van der Waals surface area contributed by atoms with Crippen LogP contribution in [-0.4, -0.2) is 42.8 Å². The molecule has 104 valence electrons. The van der Waals surface area contributed by atoms with Crippen molar-refractivity contribution in [3.63, 3.8) is 0 Å². The molecule has 2 rings (SSSR count). The summed E-state index contributed by atoms with van der Waals surface area (Å²) >= 11 is 0. The van der Waals surface area contributed by atoms with Gasteiger partial charge in [0.15, 0.2) is 0 Å². The average molecular weight is 254 g/mol. The molecule has 1 amide bonds. The topological polar surface area (TPSA) is 41.6 Å². The third kappa shape index (κ3) is 2.69. The van der Waals surface area contributed by atoms with Gasteiger partial charge in [-0.15, -0.1) is 0 Å². The van der Waals surface area contributed by atoms with Crippen LogP contribution in [0.2, 0.25) is 0 Å². The zero-order valence-corrected chi connectivity index (χ0v) is 11.8.